The Morgan fingerprint density at radius 1 is 1.54 bits per heavy atom. The van der Waals surface area contributed by atoms with E-state index in [1.807, 2.05) is 0 Å². The number of halogens is 3. The molecule has 0 aliphatic rings. The summed E-state index contributed by atoms with van der Waals surface area (Å²) in [6, 6.07) is 0.795. The van der Waals surface area contributed by atoms with E-state index in [4.69, 9.17) is 0 Å². The highest BCUT2D eigenvalue weighted by Crippen LogP contribution is 2.29. The maximum atomic E-state index is 11.9. The van der Waals surface area contributed by atoms with Crippen LogP contribution in [-0.4, -0.2) is 11.4 Å². The van der Waals surface area contributed by atoms with Gasteiger partial charge in [-0.25, -0.2) is 0 Å². The molecule has 1 aromatic heterocycles. The summed E-state index contributed by atoms with van der Waals surface area (Å²) in [5.41, 5.74) is 0.138. The van der Waals surface area contributed by atoms with Gasteiger partial charge in [-0.1, -0.05) is 5.16 Å². The molecule has 0 amide bonds. The molecule has 0 fully saturated rings. The van der Waals surface area contributed by atoms with Crippen molar-refractivity contribution in [1.82, 2.24) is 5.16 Å². The molecule has 0 spiro atoms. The quantitative estimate of drug-likeness (QED) is 0.687. The molecule has 0 N–H and O–H groups in total. The zero-order chi connectivity index (χ0) is 9.90. The fraction of sp³-hybridized carbons (Fsp3) is 0.429. The van der Waals surface area contributed by atoms with E-state index < -0.39 is 11.9 Å². The lowest BCUT2D eigenvalue weighted by Gasteiger charge is -1.97. The zero-order valence-electron chi connectivity index (χ0n) is 6.47. The smallest absolute Gasteiger partial charge is 0.351 e. The Bertz CT molecular complexity index is 292. The highest BCUT2D eigenvalue weighted by Gasteiger charge is 2.35. The number of hydrogen-bond donors (Lipinski definition) is 0. The fourth-order valence-corrected chi connectivity index (χ4v) is 0.770. The lowest BCUT2D eigenvalue weighted by molar-refractivity contribution is -0.155. The molecule has 0 aromatic carbocycles. The Morgan fingerprint density at radius 3 is 2.69 bits per heavy atom. The van der Waals surface area contributed by atoms with Crippen LogP contribution >= 0.6 is 0 Å². The highest BCUT2D eigenvalue weighted by molar-refractivity contribution is 5.49. The Balaban J connectivity index is 2.69. The molecule has 3 nitrogen and oxygen atoms in total. The molecular weight excluding hydrogens is 187 g/mol. The van der Waals surface area contributed by atoms with Crippen LogP contribution in [0.3, 0.4) is 0 Å². The van der Waals surface area contributed by atoms with Crippen LogP contribution in [0.4, 0.5) is 13.2 Å². The molecule has 0 unspecified atom stereocenters. The van der Waals surface area contributed by atoms with Crippen LogP contribution in [0.1, 0.15) is 17.9 Å². The Kier molecular flexibility index (Phi) is 2.69. The van der Waals surface area contributed by atoms with Gasteiger partial charge in [-0.05, 0) is 6.42 Å². The molecule has 13 heavy (non-hydrogen) atoms. The number of aromatic nitrogens is 1. The number of alkyl halides is 3. The third-order valence-electron chi connectivity index (χ3n) is 1.36. The van der Waals surface area contributed by atoms with E-state index in [0.717, 1.165) is 6.07 Å². The molecule has 0 aliphatic heterocycles. The third kappa shape index (κ3) is 2.57. The van der Waals surface area contributed by atoms with E-state index in [1.54, 1.807) is 0 Å². The average Bonchev–Trinajstić information content (AvgIpc) is 2.47. The predicted octanol–water partition coefficient (Wildman–Crippen LogP) is 1.82. The van der Waals surface area contributed by atoms with E-state index in [-0.39, 0.29) is 18.5 Å². The van der Waals surface area contributed by atoms with Crippen molar-refractivity contribution >= 4 is 6.29 Å². The number of rotatable bonds is 3. The molecule has 0 saturated heterocycles. The summed E-state index contributed by atoms with van der Waals surface area (Å²) in [5.74, 6) is -1.13. The van der Waals surface area contributed by atoms with Crippen molar-refractivity contribution in [1.29, 1.82) is 0 Å². The topological polar surface area (TPSA) is 43.1 Å². The maximum absolute atomic E-state index is 11.9. The maximum Gasteiger partial charge on any atom is 0.452 e. The molecule has 1 rings (SSSR count). The van der Waals surface area contributed by atoms with Crippen LogP contribution in [0.5, 0.6) is 0 Å². The first-order valence-corrected chi connectivity index (χ1v) is 3.50. The van der Waals surface area contributed by atoms with Crippen molar-refractivity contribution in [3.05, 3.63) is 17.5 Å². The second kappa shape index (κ2) is 3.59. The van der Waals surface area contributed by atoms with Crippen molar-refractivity contribution < 1.29 is 22.5 Å². The number of hydrogen-bond acceptors (Lipinski definition) is 3. The summed E-state index contributed by atoms with van der Waals surface area (Å²) in [7, 11) is 0. The SMILES string of the molecule is O=CCCc1cc(C(F)(F)F)on1. The van der Waals surface area contributed by atoms with Gasteiger partial charge in [-0.2, -0.15) is 13.2 Å². The number of carbonyl (C=O) groups excluding carboxylic acids is 1. The standard InChI is InChI=1S/C7H6F3NO2/c8-7(9,10)6-4-5(11-13-6)2-1-3-12/h3-4H,1-2H2. The molecule has 1 aromatic rings. The second-order valence-corrected chi connectivity index (χ2v) is 2.39. The summed E-state index contributed by atoms with van der Waals surface area (Å²) in [6.07, 6.45) is -3.58. The number of nitrogens with zero attached hydrogens (tertiary/aromatic N) is 1. The average molecular weight is 193 g/mol. The second-order valence-electron chi connectivity index (χ2n) is 2.39. The van der Waals surface area contributed by atoms with E-state index in [9.17, 15) is 18.0 Å². The van der Waals surface area contributed by atoms with Crippen molar-refractivity contribution in [2.24, 2.45) is 0 Å². The van der Waals surface area contributed by atoms with Gasteiger partial charge in [-0.15, -0.1) is 0 Å². The normalized spacial score (nSPS) is 11.6. The van der Waals surface area contributed by atoms with Crippen LogP contribution in [-0.2, 0) is 17.4 Å². The van der Waals surface area contributed by atoms with Gasteiger partial charge in [0, 0.05) is 12.5 Å². The van der Waals surface area contributed by atoms with Gasteiger partial charge in [0.05, 0.1) is 5.69 Å². The first-order chi connectivity index (χ1) is 6.04. The molecule has 0 bridgehead atoms. The molecule has 1 heterocycles. The van der Waals surface area contributed by atoms with Crippen LogP contribution in [0, 0.1) is 0 Å². The lowest BCUT2D eigenvalue weighted by atomic mass is 10.2. The minimum Gasteiger partial charge on any atom is -0.351 e. The van der Waals surface area contributed by atoms with Gasteiger partial charge >= 0.3 is 6.18 Å². The summed E-state index contributed by atoms with van der Waals surface area (Å²) >= 11 is 0. The third-order valence-corrected chi connectivity index (χ3v) is 1.36. The first kappa shape index (κ1) is 9.76. The van der Waals surface area contributed by atoms with Gasteiger partial charge in [0.15, 0.2) is 0 Å². The van der Waals surface area contributed by atoms with Gasteiger partial charge < -0.3 is 9.32 Å². The van der Waals surface area contributed by atoms with E-state index >= 15 is 0 Å². The Labute approximate surface area is 71.5 Å². The molecule has 72 valence electrons. The molecular formula is C7H6F3NO2. The van der Waals surface area contributed by atoms with Crippen LogP contribution in [0.15, 0.2) is 10.6 Å². The van der Waals surface area contributed by atoms with Crippen LogP contribution in [0.25, 0.3) is 0 Å². The minimum absolute atomic E-state index is 0.138. The van der Waals surface area contributed by atoms with Gasteiger partial charge in [0.2, 0.25) is 5.76 Å². The van der Waals surface area contributed by atoms with Crippen LogP contribution in [0.2, 0.25) is 0 Å². The van der Waals surface area contributed by atoms with Gasteiger partial charge in [-0.3, -0.25) is 0 Å². The molecule has 0 atom stereocenters. The largest absolute Gasteiger partial charge is 0.452 e. The predicted molar refractivity (Wildman–Crippen MR) is 35.9 cm³/mol. The summed E-state index contributed by atoms with van der Waals surface area (Å²) < 4.78 is 39.8. The highest BCUT2D eigenvalue weighted by atomic mass is 19.4. The Morgan fingerprint density at radius 2 is 2.23 bits per heavy atom. The van der Waals surface area contributed by atoms with Crippen LogP contribution < -0.4 is 0 Å². The fourth-order valence-electron chi connectivity index (χ4n) is 0.770. The minimum atomic E-state index is -4.51. The molecule has 0 radical (unpaired) electrons. The lowest BCUT2D eigenvalue weighted by Crippen LogP contribution is -2.02. The first-order valence-electron chi connectivity index (χ1n) is 3.50. The van der Waals surface area contributed by atoms with E-state index in [2.05, 4.69) is 9.68 Å². The summed E-state index contributed by atoms with van der Waals surface area (Å²) in [5, 5.41) is 3.17. The molecule has 0 saturated carbocycles. The van der Waals surface area contributed by atoms with Crippen molar-refractivity contribution in [3.8, 4) is 0 Å². The van der Waals surface area contributed by atoms with Gasteiger partial charge in [0.25, 0.3) is 0 Å². The number of aldehydes is 1. The molecule has 6 heteroatoms. The summed E-state index contributed by atoms with van der Waals surface area (Å²) in [4.78, 5) is 9.90. The number of carbonyl (C=O) groups is 1. The monoisotopic (exact) mass is 193 g/mol. The van der Waals surface area contributed by atoms with E-state index in [0.29, 0.717) is 6.29 Å². The van der Waals surface area contributed by atoms with Crippen molar-refractivity contribution in [2.45, 2.75) is 19.0 Å². The molecule has 0 aliphatic carbocycles. The van der Waals surface area contributed by atoms with Crippen molar-refractivity contribution in [2.75, 3.05) is 0 Å². The van der Waals surface area contributed by atoms with Gasteiger partial charge in [0.1, 0.15) is 6.29 Å². The Hall–Kier alpha value is -1.33. The van der Waals surface area contributed by atoms with Crippen molar-refractivity contribution in [3.63, 3.8) is 0 Å². The summed E-state index contributed by atoms with van der Waals surface area (Å²) in [6.45, 7) is 0. The number of aryl methyl sites for hydroxylation is 1. The zero-order valence-corrected chi connectivity index (χ0v) is 6.47. The van der Waals surface area contributed by atoms with E-state index in [1.165, 1.54) is 0 Å².